The van der Waals surface area contributed by atoms with Crippen molar-refractivity contribution in [3.63, 3.8) is 0 Å². The van der Waals surface area contributed by atoms with Crippen molar-refractivity contribution in [1.82, 2.24) is 9.69 Å². The van der Waals surface area contributed by atoms with Gasteiger partial charge in [0.25, 0.3) is 0 Å². The first-order valence-electron chi connectivity index (χ1n) is 2.89. The van der Waals surface area contributed by atoms with Gasteiger partial charge < -0.3 is 5.32 Å². The minimum atomic E-state index is 0.936. The van der Waals surface area contributed by atoms with Gasteiger partial charge in [-0.05, 0) is 31.6 Å². The third kappa shape index (κ3) is 1.77. The van der Waals surface area contributed by atoms with Crippen LogP contribution < -0.4 is 5.32 Å². The summed E-state index contributed by atoms with van der Waals surface area (Å²) in [6.45, 7) is 2.95. The lowest BCUT2D eigenvalue weighted by molar-refractivity contribution is 0.831. The Kier molecular flexibility index (Phi) is 2.19. The first kappa shape index (κ1) is 6.71. The number of hydrogen-bond donors (Lipinski definition) is 1. The summed E-state index contributed by atoms with van der Waals surface area (Å²) in [5, 5.41) is 3.07. The van der Waals surface area contributed by atoms with E-state index in [0.29, 0.717) is 0 Å². The Balaban J connectivity index is 2.61. The van der Waals surface area contributed by atoms with E-state index in [1.807, 2.05) is 14.0 Å². The van der Waals surface area contributed by atoms with Crippen molar-refractivity contribution in [2.45, 2.75) is 13.5 Å². The Morgan fingerprint density at radius 2 is 2.56 bits per heavy atom. The van der Waals surface area contributed by atoms with Crippen LogP contribution in [0.1, 0.15) is 10.6 Å². The summed E-state index contributed by atoms with van der Waals surface area (Å²) in [4.78, 5) is 1.30. The van der Waals surface area contributed by atoms with E-state index in [1.54, 1.807) is 11.5 Å². The number of aryl methyl sites for hydroxylation is 1. The molecule has 0 aliphatic carbocycles. The summed E-state index contributed by atoms with van der Waals surface area (Å²) in [7, 11) is 1.94. The molecule has 0 fully saturated rings. The molecule has 0 radical (unpaired) electrons. The average molecular weight is 142 g/mol. The fraction of sp³-hybridized carbons (Fsp3) is 0.500. The Labute approximate surface area is 59.1 Å². The van der Waals surface area contributed by atoms with Crippen molar-refractivity contribution < 1.29 is 0 Å². The lowest BCUT2D eigenvalue weighted by atomic mass is 10.4. The molecule has 0 aliphatic heterocycles. The topological polar surface area (TPSA) is 24.9 Å². The standard InChI is InChI=1S/C6H10N2S/c1-5-3-6(4-7-2)9-8-5/h3,7H,4H2,1-2H3. The van der Waals surface area contributed by atoms with Gasteiger partial charge in [0.15, 0.2) is 0 Å². The average Bonchev–Trinajstić information content (AvgIpc) is 2.17. The predicted octanol–water partition coefficient (Wildman–Crippen LogP) is 1.17. The number of nitrogens with zero attached hydrogens (tertiary/aromatic N) is 1. The van der Waals surface area contributed by atoms with Crippen LogP contribution in [0, 0.1) is 6.92 Å². The monoisotopic (exact) mass is 142 g/mol. The Bertz CT molecular complexity index is 183. The zero-order valence-electron chi connectivity index (χ0n) is 5.64. The zero-order chi connectivity index (χ0) is 6.69. The first-order chi connectivity index (χ1) is 4.33. The van der Waals surface area contributed by atoms with E-state index in [9.17, 15) is 0 Å². The maximum Gasteiger partial charge on any atom is 0.0514 e. The summed E-state index contributed by atoms with van der Waals surface area (Å²) in [6.07, 6.45) is 0. The molecular weight excluding hydrogens is 132 g/mol. The van der Waals surface area contributed by atoms with Crippen molar-refractivity contribution in [3.05, 3.63) is 16.6 Å². The molecule has 0 aromatic carbocycles. The Hall–Kier alpha value is -0.410. The van der Waals surface area contributed by atoms with E-state index >= 15 is 0 Å². The van der Waals surface area contributed by atoms with E-state index in [2.05, 4.69) is 15.8 Å². The summed E-state index contributed by atoms with van der Waals surface area (Å²) < 4.78 is 4.14. The van der Waals surface area contributed by atoms with Crippen LogP contribution in [-0.2, 0) is 6.54 Å². The Morgan fingerprint density at radius 1 is 1.78 bits per heavy atom. The van der Waals surface area contributed by atoms with Gasteiger partial charge in [0.1, 0.15) is 0 Å². The van der Waals surface area contributed by atoms with Gasteiger partial charge in [-0.1, -0.05) is 0 Å². The highest BCUT2D eigenvalue weighted by atomic mass is 32.1. The molecule has 0 unspecified atom stereocenters. The van der Waals surface area contributed by atoms with E-state index in [1.165, 1.54) is 4.88 Å². The highest BCUT2D eigenvalue weighted by Crippen LogP contribution is 2.07. The first-order valence-corrected chi connectivity index (χ1v) is 3.67. The molecule has 9 heavy (non-hydrogen) atoms. The van der Waals surface area contributed by atoms with Crippen molar-refractivity contribution in [2.75, 3.05) is 7.05 Å². The highest BCUT2D eigenvalue weighted by Gasteiger charge is 1.93. The molecule has 1 aromatic rings. The normalized spacial score (nSPS) is 10.0. The van der Waals surface area contributed by atoms with Gasteiger partial charge in [-0.15, -0.1) is 0 Å². The maximum atomic E-state index is 4.14. The van der Waals surface area contributed by atoms with Crippen molar-refractivity contribution in [2.24, 2.45) is 0 Å². The molecule has 0 atom stereocenters. The lowest BCUT2D eigenvalue weighted by Gasteiger charge is -1.88. The van der Waals surface area contributed by atoms with Crippen LogP contribution in [-0.4, -0.2) is 11.4 Å². The van der Waals surface area contributed by atoms with Crippen molar-refractivity contribution in [3.8, 4) is 0 Å². The van der Waals surface area contributed by atoms with E-state index in [4.69, 9.17) is 0 Å². The number of rotatable bonds is 2. The van der Waals surface area contributed by atoms with Crippen LogP contribution >= 0.6 is 11.5 Å². The fourth-order valence-corrected chi connectivity index (χ4v) is 1.42. The molecule has 2 nitrogen and oxygen atoms in total. The number of aromatic nitrogens is 1. The third-order valence-electron chi connectivity index (χ3n) is 1.03. The lowest BCUT2D eigenvalue weighted by Crippen LogP contribution is -2.02. The van der Waals surface area contributed by atoms with Gasteiger partial charge in [-0.25, -0.2) is 0 Å². The minimum Gasteiger partial charge on any atom is -0.315 e. The van der Waals surface area contributed by atoms with Gasteiger partial charge in [0.2, 0.25) is 0 Å². The molecule has 1 heterocycles. The second kappa shape index (κ2) is 2.94. The Morgan fingerprint density at radius 3 is 3.00 bits per heavy atom. The van der Waals surface area contributed by atoms with Gasteiger partial charge >= 0.3 is 0 Å². The molecule has 0 bridgehead atoms. The van der Waals surface area contributed by atoms with E-state index in [0.717, 1.165) is 12.2 Å². The van der Waals surface area contributed by atoms with Crippen LogP contribution in [0.4, 0.5) is 0 Å². The van der Waals surface area contributed by atoms with Crippen LogP contribution in [0.3, 0.4) is 0 Å². The number of nitrogens with one attached hydrogen (secondary N) is 1. The van der Waals surface area contributed by atoms with E-state index < -0.39 is 0 Å². The molecule has 1 rings (SSSR count). The van der Waals surface area contributed by atoms with Crippen LogP contribution in [0.5, 0.6) is 0 Å². The molecule has 1 N–H and O–H groups in total. The van der Waals surface area contributed by atoms with Crippen molar-refractivity contribution >= 4 is 11.5 Å². The molecule has 0 saturated heterocycles. The largest absolute Gasteiger partial charge is 0.315 e. The molecule has 3 heteroatoms. The second-order valence-corrected chi connectivity index (χ2v) is 2.85. The maximum absolute atomic E-state index is 4.14. The highest BCUT2D eigenvalue weighted by molar-refractivity contribution is 7.05. The summed E-state index contributed by atoms with van der Waals surface area (Å²) in [5.74, 6) is 0. The zero-order valence-corrected chi connectivity index (χ0v) is 6.46. The molecule has 0 aliphatic rings. The smallest absolute Gasteiger partial charge is 0.0514 e. The second-order valence-electron chi connectivity index (χ2n) is 1.96. The molecular formula is C6H10N2S. The summed E-state index contributed by atoms with van der Waals surface area (Å²) in [5.41, 5.74) is 1.12. The molecule has 0 spiro atoms. The molecule has 0 saturated carbocycles. The fourth-order valence-electron chi connectivity index (χ4n) is 0.674. The van der Waals surface area contributed by atoms with Gasteiger partial charge in [0, 0.05) is 11.4 Å². The van der Waals surface area contributed by atoms with Gasteiger partial charge in [-0.3, -0.25) is 0 Å². The predicted molar refractivity (Wildman–Crippen MR) is 39.6 cm³/mol. The van der Waals surface area contributed by atoms with Crippen LogP contribution in [0.15, 0.2) is 6.07 Å². The molecule has 1 aromatic heterocycles. The minimum absolute atomic E-state index is 0.936. The number of hydrogen-bond acceptors (Lipinski definition) is 3. The third-order valence-corrected chi connectivity index (χ3v) is 1.90. The van der Waals surface area contributed by atoms with Gasteiger partial charge in [0.05, 0.1) is 5.69 Å². The molecule has 0 amide bonds. The summed E-state index contributed by atoms with van der Waals surface area (Å²) in [6, 6.07) is 2.10. The van der Waals surface area contributed by atoms with E-state index in [-0.39, 0.29) is 0 Å². The van der Waals surface area contributed by atoms with Crippen molar-refractivity contribution in [1.29, 1.82) is 0 Å². The summed E-state index contributed by atoms with van der Waals surface area (Å²) >= 11 is 1.56. The molecule has 50 valence electrons. The quantitative estimate of drug-likeness (QED) is 0.670. The van der Waals surface area contributed by atoms with Crippen LogP contribution in [0.25, 0.3) is 0 Å². The van der Waals surface area contributed by atoms with Crippen LogP contribution in [0.2, 0.25) is 0 Å². The van der Waals surface area contributed by atoms with Gasteiger partial charge in [-0.2, -0.15) is 4.37 Å². The SMILES string of the molecule is CNCc1cc(C)ns1.